The van der Waals surface area contributed by atoms with Gasteiger partial charge in [0.15, 0.2) is 6.10 Å². The summed E-state index contributed by atoms with van der Waals surface area (Å²) in [4.78, 5) is 19.4. The summed E-state index contributed by atoms with van der Waals surface area (Å²) in [6.45, 7) is 15.0. The van der Waals surface area contributed by atoms with E-state index in [4.69, 9.17) is 4.74 Å². The monoisotopic (exact) mass is 518 g/mol. The number of carboxylic acid groups (broad SMARTS) is 1. The fraction of sp³-hybridized carbons (Fsp3) is 0.517. The van der Waals surface area contributed by atoms with Crippen molar-refractivity contribution in [3.63, 3.8) is 0 Å². The second-order valence-electron chi connectivity index (χ2n) is 11.5. The minimum atomic E-state index is -4.40. The van der Waals surface area contributed by atoms with Crippen molar-refractivity contribution >= 4 is 23.8 Å². The van der Waals surface area contributed by atoms with Crippen molar-refractivity contribution in [1.82, 2.24) is 4.98 Å². The predicted molar refractivity (Wildman–Crippen MR) is 141 cm³/mol. The van der Waals surface area contributed by atoms with Crippen molar-refractivity contribution in [3.05, 3.63) is 57.9 Å². The van der Waals surface area contributed by atoms with Crippen molar-refractivity contribution in [3.8, 4) is 0 Å². The lowest BCUT2D eigenvalue weighted by molar-refractivity contribution is -0.160. The Morgan fingerprint density at radius 2 is 1.62 bits per heavy atom. The van der Waals surface area contributed by atoms with Gasteiger partial charge >= 0.3 is 12.1 Å². The Bertz CT molecular complexity index is 1150. The van der Waals surface area contributed by atoms with Crippen LogP contribution in [-0.4, -0.2) is 34.8 Å². The van der Waals surface area contributed by atoms with Crippen LogP contribution in [0.15, 0.2) is 24.3 Å². The minimum Gasteiger partial charge on any atom is -0.479 e. The molecule has 5 nitrogen and oxygen atoms in total. The van der Waals surface area contributed by atoms with Crippen molar-refractivity contribution < 1.29 is 27.8 Å². The number of rotatable bonds is 6. The molecule has 0 aliphatic carbocycles. The van der Waals surface area contributed by atoms with Crippen LogP contribution in [0.5, 0.6) is 0 Å². The molecule has 8 heteroatoms. The van der Waals surface area contributed by atoms with Gasteiger partial charge in [-0.15, -0.1) is 0 Å². The van der Waals surface area contributed by atoms with Crippen LogP contribution in [0, 0.1) is 19.3 Å². The molecule has 1 saturated heterocycles. The molecule has 1 aromatic carbocycles. The third kappa shape index (κ3) is 7.12. The summed E-state index contributed by atoms with van der Waals surface area (Å²) < 4.78 is 45.0. The molecule has 0 bridgehead atoms. The average molecular weight is 519 g/mol. The van der Waals surface area contributed by atoms with E-state index in [-0.39, 0.29) is 5.41 Å². The number of anilines is 1. The third-order valence-electron chi connectivity index (χ3n) is 6.70. The first-order chi connectivity index (χ1) is 17.0. The first-order valence-electron chi connectivity index (χ1n) is 12.5. The molecule has 1 aliphatic heterocycles. The number of carbonyl (C=O) groups is 1. The maximum Gasteiger partial charge on any atom is 0.416 e. The number of ether oxygens (including phenoxy) is 1. The molecule has 1 aromatic heterocycles. The van der Waals surface area contributed by atoms with Gasteiger partial charge in [-0.3, -0.25) is 4.98 Å². The molecule has 1 fully saturated rings. The standard InChI is InChI=1S/C29H37F3N2O3/c1-18-22(13-10-20-8-11-21(12-9-20)29(30,31)32)24(34-16-14-28(6,7)15-17-34)23(19(2)33-18)25(26(35)36)37-27(3,4)5/h8-13,25H,14-17H2,1-7H3,(H,35,36)/b13-10+. The molecule has 202 valence electrons. The zero-order valence-corrected chi connectivity index (χ0v) is 22.7. The quantitative estimate of drug-likeness (QED) is 0.430. The molecule has 0 saturated carbocycles. The normalized spacial score (nSPS) is 17.3. The zero-order chi connectivity index (χ0) is 27.8. The maximum atomic E-state index is 13.0. The molecule has 3 rings (SSSR count). The molecular weight excluding hydrogens is 481 g/mol. The van der Waals surface area contributed by atoms with Crippen LogP contribution in [0.1, 0.15) is 87.2 Å². The number of carboxylic acids is 1. The minimum absolute atomic E-state index is 0.179. The van der Waals surface area contributed by atoms with Gasteiger partial charge in [-0.2, -0.15) is 13.2 Å². The van der Waals surface area contributed by atoms with Gasteiger partial charge in [-0.05, 0) is 70.6 Å². The van der Waals surface area contributed by atoms with E-state index < -0.39 is 29.4 Å². The number of hydrogen-bond donors (Lipinski definition) is 1. The van der Waals surface area contributed by atoms with Gasteiger partial charge in [0.25, 0.3) is 0 Å². The second-order valence-corrected chi connectivity index (χ2v) is 11.5. The van der Waals surface area contributed by atoms with E-state index in [9.17, 15) is 23.1 Å². The Balaban J connectivity index is 2.17. The molecule has 1 atom stereocenters. The number of piperidine rings is 1. The van der Waals surface area contributed by atoms with Crippen LogP contribution in [0.4, 0.5) is 18.9 Å². The molecule has 2 aromatic rings. The molecule has 0 radical (unpaired) electrons. The molecular formula is C29H37F3N2O3. The summed E-state index contributed by atoms with van der Waals surface area (Å²) in [5, 5.41) is 10.2. The van der Waals surface area contributed by atoms with Crippen LogP contribution in [0.3, 0.4) is 0 Å². The van der Waals surface area contributed by atoms with E-state index in [0.29, 0.717) is 22.5 Å². The SMILES string of the molecule is Cc1nc(C)c(C(OC(C)(C)C)C(=O)O)c(N2CCC(C)(C)CC2)c1/C=C/c1ccc(C(F)(F)F)cc1. The highest BCUT2D eigenvalue weighted by molar-refractivity contribution is 5.85. The fourth-order valence-electron chi connectivity index (χ4n) is 4.60. The van der Waals surface area contributed by atoms with Gasteiger partial charge in [0.05, 0.1) is 16.9 Å². The third-order valence-corrected chi connectivity index (χ3v) is 6.70. The maximum absolute atomic E-state index is 13.0. The van der Waals surface area contributed by atoms with Crippen molar-refractivity contribution in [2.24, 2.45) is 5.41 Å². The predicted octanol–water partition coefficient (Wildman–Crippen LogP) is 7.45. The summed E-state index contributed by atoms with van der Waals surface area (Å²) in [5.74, 6) is -1.10. The summed E-state index contributed by atoms with van der Waals surface area (Å²) in [7, 11) is 0. The van der Waals surface area contributed by atoms with E-state index in [1.807, 2.05) is 33.8 Å². The molecule has 1 N–H and O–H groups in total. The Labute approximate surface area is 217 Å². The van der Waals surface area contributed by atoms with Crippen LogP contribution in [-0.2, 0) is 15.7 Å². The first kappa shape index (κ1) is 28.7. The van der Waals surface area contributed by atoms with E-state index in [0.717, 1.165) is 49.3 Å². The highest BCUT2D eigenvalue weighted by Crippen LogP contribution is 2.41. The summed E-state index contributed by atoms with van der Waals surface area (Å²) in [5.41, 5.74) is 2.67. The molecule has 1 unspecified atom stereocenters. The van der Waals surface area contributed by atoms with Gasteiger partial charge in [-0.25, -0.2) is 4.79 Å². The van der Waals surface area contributed by atoms with Crippen molar-refractivity contribution in [2.45, 2.75) is 79.2 Å². The van der Waals surface area contributed by atoms with E-state index in [2.05, 4.69) is 23.7 Å². The van der Waals surface area contributed by atoms with Gasteiger partial charge in [-0.1, -0.05) is 38.1 Å². The molecule has 0 amide bonds. The first-order valence-corrected chi connectivity index (χ1v) is 12.5. The zero-order valence-electron chi connectivity index (χ0n) is 22.7. The molecule has 37 heavy (non-hydrogen) atoms. The number of pyridine rings is 1. The Hall–Kier alpha value is -2.87. The molecule has 0 spiro atoms. The molecule has 2 heterocycles. The largest absolute Gasteiger partial charge is 0.479 e. The van der Waals surface area contributed by atoms with Gasteiger partial charge in [0.1, 0.15) is 0 Å². The number of hydrogen-bond acceptors (Lipinski definition) is 4. The van der Waals surface area contributed by atoms with Crippen molar-refractivity contribution in [2.75, 3.05) is 18.0 Å². The Morgan fingerprint density at radius 3 is 2.11 bits per heavy atom. The average Bonchev–Trinajstić information content (AvgIpc) is 2.76. The number of nitrogens with zero attached hydrogens (tertiary/aromatic N) is 2. The smallest absolute Gasteiger partial charge is 0.416 e. The Kier molecular flexibility index (Phi) is 8.13. The van der Waals surface area contributed by atoms with Crippen LogP contribution in [0.25, 0.3) is 12.2 Å². The number of benzene rings is 1. The van der Waals surface area contributed by atoms with Crippen LogP contribution in [0.2, 0.25) is 0 Å². The summed E-state index contributed by atoms with van der Waals surface area (Å²) in [6.07, 6.45) is -0.196. The second kappa shape index (κ2) is 10.5. The number of alkyl halides is 3. The fourth-order valence-corrected chi connectivity index (χ4v) is 4.60. The lowest BCUT2D eigenvalue weighted by Crippen LogP contribution is -2.39. The number of aromatic nitrogens is 1. The van der Waals surface area contributed by atoms with Gasteiger partial charge in [0.2, 0.25) is 0 Å². The Morgan fingerprint density at radius 1 is 1.05 bits per heavy atom. The van der Waals surface area contributed by atoms with Gasteiger partial charge < -0.3 is 14.7 Å². The van der Waals surface area contributed by atoms with Crippen LogP contribution < -0.4 is 4.90 Å². The topological polar surface area (TPSA) is 62.7 Å². The summed E-state index contributed by atoms with van der Waals surface area (Å²) >= 11 is 0. The van der Waals surface area contributed by atoms with E-state index >= 15 is 0 Å². The number of aliphatic carboxylic acids is 1. The summed E-state index contributed by atoms with van der Waals surface area (Å²) in [6, 6.07) is 4.94. The molecule has 1 aliphatic rings. The lowest BCUT2D eigenvalue weighted by atomic mass is 9.82. The van der Waals surface area contributed by atoms with Crippen LogP contribution >= 0.6 is 0 Å². The van der Waals surface area contributed by atoms with Gasteiger partial charge in [0, 0.05) is 35.6 Å². The number of aryl methyl sites for hydroxylation is 2. The highest BCUT2D eigenvalue weighted by Gasteiger charge is 2.36. The van der Waals surface area contributed by atoms with E-state index in [1.54, 1.807) is 13.0 Å². The van der Waals surface area contributed by atoms with E-state index in [1.165, 1.54) is 12.1 Å². The van der Waals surface area contributed by atoms with Crippen molar-refractivity contribution in [1.29, 1.82) is 0 Å². The number of halogens is 3. The lowest BCUT2D eigenvalue weighted by Gasteiger charge is -2.41. The highest BCUT2D eigenvalue weighted by atomic mass is 19.4.